The number of piperidine rings is 1. The number of nitrogens with zero attached hydrogens (tertiary/aromatic N) is 2. The molecule has 1 saturated carbocycles. The van der Waals surface area contributed by atoms with E-state index >= 15 is 0 Å². The minimum absolute atomic E-state index is 0.470. The fourth-order valence-electron chi connectivity index (χ4n) is 3.83. The monoisotopic (exact) mass is 267 g/mol. The summed E-state index contributed by atoms with van der Waals surface area (Å²) in [5.41, 5.74) is 6.01. The molecule has 0 amide bonds. The van der Waals surface area contributed by atoms with Crippen LogP contribution < -0.4 is 5.73 Å². The number of hydrogen-bond donors (Lipinski definition) is 1. The van der Waals surface area contributed by atoms with Crippen molar-refractivity contribution < 1.29 is 0 Å². The molecule has 19 heavy (non-hydrogen) atoms. The fourth-order valence-corrected chi connectivity index (χ4v) is 3.83. The van der Waals surface area contributed by atoms with Crippen LogP contribution in [0.5, 0.6) is 0 Å². The fraction of sp³-hybridized carbons (Fsp3) is 1.00. The molecule has 0 aromatic carbocycles. The van der Waals surface area contributed by atoms with E-state index in [0.717, 1.165) is 18.0 Å². The third kappa shape index (κ3) is 4.44. The van der Waals surface area contributed by atoms with Crippen molar-refractivity contribution in [3.63, 3.8) is 0 Å². The average molecular weight is 267 g/mol. The van der Waals surface area contributed by atoms with Crippen LogP contribution in [0.1, 0.15) is 52.4 Å². The average Bonchev–Trinajstić information content (AvgIpc) is 2.39. The number of rotatable bonds is 4. The van der Waals surface area contributed by atoms with Gasteiger partial charge in [-0.1, -0.05) is 13.8 Å². The molecule has 2 N–H and O–H groups in total. The summed E-state index contributed by atoms with van der Waals surface area (Å²) >= 11 is 0. The van der Waals surface area contributed by atoms with Gasteiger partial charge >= 0.3 is 0 Å². The van der Waals surface area contributed by atoms with Crippen molar-refractivity contribution in [2.75, 3.05) is 26.7 Å². The van der Waals surface area contributed by atoms with Crippen LogP contribution in [0.2, 0.25) is 0 Å². The van der Waals surface area contributed by atoms with Crippen molar-refractivity contribution in [2.24, 2.45) is 11.7 Å². The molecule has 0 radical (unpaired) electrons. The lowest BCUT2D eigenvalue weighted by atomic mass is 9.89. The van der Waals surface area contributed by atoms with E-state index in [1.54, 1.807) is 0 Å². The highest BCUT2D eigenvalue weighted by molar-refractivity contribution is 4.86. The molecule has 0 bridgehead atoms. The highest BCUT2D eigenvalue weighted by atomic mass is 15.2. The van der Waals surface area contributed by atoms with Crippen molar-refractivity contribution in [2.45, 2.75) is 70.5 Å². The first kappa shape index (κ1) is 15.3. The van der Waals surface area contributed by atoms with E-state index in [1.165, 1.54) is 58.2 Å². The van der Waals surface area contributed by atoms with E-state index in [4.69, 9.17) is 5.73 Å². The molecule has 112 valence electrons. The van der Waals surface area contributed by atoms with Gasteiger partial charge in [-0.3, -0.25) is 0 Å². The highest BCUT2D eigenvalue weighted by Crippen LogP contribution is 2.26. The zero-order chi connectivity index (χ0) is 13.8. The van der Waals surface area contributed by atoms with Crippen LogP contribution in [0.15, 0.2) is 0 Å². The van der Waals surface area contributed by atoms with Gasteiger partial charge in [-0.2, -0.15) is 0 Å². The predicted octanol–water partition coefficient (Wildman–Crippen LogP) is 2.31. The van der Waals surface area contributed by atoms with Crippen LogP contribution in [0, 0.1) is 5.92 Å². The van der Waals surface area contributed by atoms with Gasteiger partial charge in [0.15, 0.2) is 0 Å². The number of nitrogens with two attached hydrogens (primary N) is 1. The molecule has 2 rings (SSSR count). The quantitative estimate of drug-likeness (QED) is 0.848. The van der Waals surface area contributed by atoms with E-state index < -0.39 is 0 Å². The van der Waals surface area contributed by atoms with Gasteiger partial charge in [0.2, 0.25) is 0 Å². The zero-order valence-electron chi connectivity index (χ0n) is 13.1. The van der Waals surface area contributed by atoms with Gasteiger partial charge in [-0.25, -0.2) is 0 Å². The molecule has 1 saturated heterocycles. The first-order valence-electron chi connectivity index (χ1n) is 8.26. The maximum atomic E-state index is 6.01. The molecule has 2 aliphatic rings. The van der Waals surface area contributed by atoms with Gasteiger partial charge in [0, 0.05) is 24.7 Å². The Morgan fingerprint density at radius 2 is 1.53 bits per heavy atom. The standard InChI is InChI=1S/C16H33N3/c1-13(2)12-19-10-8-16(9-11-19)18(3)15-6-4-14(17)5-7-15/h13-16H,4-12,17H2,1-3H3. The molecule has 1 heterocycles. The van der Waals surface area contributed by atoms with Crippen molar-refractivity contribution in [1.29, 1.82) is 0 Å². The Morgan fingerprint density at radius 1 is 1.00 bits per heavy atom. The maximum Gasteiger partial charge on any atom is 0.0119 e. The third-order valence-corrected chi connectivity index (χ3v) is 5.07. The van der Waals surface area contributed by atoms with Gasteiger partial charge in [0.05, 0.1) is 0 Å². The molecule has 3 heteroatoms. The Bertz CT molecular complexity index is 251. The van der Waals surface area contributed by atoms with Crippen molar-refractivity contribution in [3.8, 4) is 0 Å². The Kier molecular flexibility index (Phi) is 5.67. The molecule has 0 aromatic heterocycles. The largest absolute Gasteiger partial charge is 0.328 e. The maximum absolute atomic E-state index is 6.01. The van der Waals surface area contributed by atoms with Crippen molar-refractivity contribution >= 4 is 0 Å². The number of likely N-dealkylation sites (tertiary alicyclic amines) is 1. The molecule has 0 unspecified atom stereocenters. The van der Waals surface area contributed by atoms with E-state index in [0.29, 0.717) is 6.04 Å². The Balaban J connectivity index is 1.74. The van der Waals surface area contributed by atoms with E-state index in [2.05, 4.69) is 30.7 Å². The van der Waals surface area contributed by atoms with Crippen molar-refractivity contribution in [3.05, 3.63) is 0 Å². The lowest BCUT2D eigenvalue weighted by Crippen LogP contribution is -2.49. The van der Waals surface area contributed by atoms with E-state index in [1.807, 2.05) is 0 Å². The molecular weight excluding hydrogens is 234 g/mol. The first-order valence-corrected chi connectivity index (χ1v) is 8.26. The summed E-state index contributed by atoms with van der Waals surface area (Å²) in [7, 11) is 2.35. The summed E-state index contributed by atoms with van der Waals surface area (Å²) in [5.74, 6) is 0.800. The van der Waals surface area contributed by atoms with Crippen LogP contribution >= 0.6 is 0 Å². The first-order chi connectivity index (χ1) is 9.06. The lowest BCUT2D eigenvalue weighted by Gasteiger charge is -2.42. The Morgan fingerprint density at radius 3 is 2.05 bits per heavy atom. The predicted molar refractivity (Wildman–Crippen MR) is 82.3 cm³/mol. The topological polar surface area (TPSA) is 32.5 Å². The van der Waals surface area contributed by atoms with Crippen LogP contribution in [0.25, 0.3) is 0 Å². The molecule has 0 aromatic rings. The summed E-state index contributed by atoms with van der Waals surface area (Å²) in [6.07, 6.45) is 7.77. The molecule has 1 aliphatic carbocycles. The Hall–Kier alpha value is -0.120. The number of hydrogen-bond acceptors (Lipinski definition) is 3. The Labute approximate surface area is 119 Å². The van der Waals surface area contributed by atoms with Crippen LogP contribution in [-0.2, 0) is 0 Å². The molecule has 1 aliphatic heterocycles. The molecule has 2 fully saturated rings. The summed E-state index contributed by atoms with van der Waals surface area (Å²) in [5, 5.41) is 0. The van der Waals surface area contributed by atoms with Gasteiger partial charge in [0.1, 0.15) is 0 Å². The molecular formula is C16H33N3. The molecule has 3 nitrogen and oxygen atoms in total. The van der Waals surface area contributed by atoms with Crippen LogP contribution in [0.3, 0.4) is 0 Å². The lowest BCUT2D eigenvalue weighted by molar-refractivity contribution is 0.0738. The minimum Gasteiger partial charge on any atom is -0.328 e. The van der Waals surface area contributed by atoms with E-state index in [9.17, 15) is 0 Å². The summed E-state index contributed by atoms with van der Waals surface area (Å²) in [6, 6.07) is 2.07. The second kappa shape index (κ2) is 7.05. The third-order valence-electron chi connectivity index (χ3n) is 5.07. The summed E-state index contributed by atoms with van der Waals surface area (Å²) in [4.78, 5) is 5.32. The van der Waals surface area contributed by atoms with E-state index in [-0.39, 0.29) is 0 Å². The highest BCUT2D eigenvalue weighted by Gasteiger charge is 2.29. The van der Waals surface area contributed by atoms with Crippen LogP contribution in [0.4, 0.5) is 0 Å². The van der Waals surface area contributed by atoms with Gasteiger partial charge in [0.25, 0.3) is 0 Å². The smallest absolute Gasteiger partial charge is 0.0119 e. The zero-order valence-corrected chi connectivity index (χ0v) is 13.1. The normalized spacial score (nSPS) is 31.3. The van der Waals surface area contributed by atoms with Gasteiger partial charge in [-0.15, -0.1) is 0 Å². The molecule has 0 atom stereocenters. The molecule has 0 spiro atoms. The van der Waals surface area contributed by atoms with Gasteiger partial charge in [-0.05, 0) is 64.6 Å². The second-order valence-electron chi connectivity index (χ2n) is 7.16. The van der Waals surface area contributed by atoms with Gasteiger partial charge < -0.3 is 15.5 Å². The second-order valence-corrected chi connectivity index (χ2v) is 7.16. The van der Waals surface area contributed by atoms with Crippen LogP contribution in [-0.4, -0.2) is 54.6 Å². The summed E-state index contributed by atoms with van der Waals surface area (Å²) < 4.78 is 0. The minimum atomic E-state index is 0.470. The summed E-state index contributed by atoms with van der Waals surface area (Å²) in [6.45, 7) is 8.50. The SMILES string of the molecule is CC(C)CN1CCC(N(C)C2CCC(N)CC2)CC1. The van der Waals surface area contributed by atoms with Crippen molar-refractivity contribution in [1.82, 2.24) is 9.80 Å².